The Morgan fingerprint density at radius 3 is 2.62 bits per heavy atom. The number of nitrogens with one attached hydrogen (secondary N) is 1. The molecule has 7 heteroatoms. The van der Waals surface area contributed by atoms with Crippen LogP contribution in [0.15, 0.2) is 36.4 Å². The maximum atomic E-state index is 12.9. The third-order valence-corrected chi connectivity index (χ3v) is 4.85. The fraction of sp³-hybridized carbons (Fsp3) is 0.364. The fourth-order valence-corrected chi connectivity index (χ4v) is 3.35. The lowest BCUT2D eigenvalue weighted by Crippen LogP contribution is -2.25. The van der Waals surface area contributed by atoms with Gasteiger partial charge in [-0.15, -0.1) is 0 Å². The van der Waals surface area contributed by atoms with E-state index in [1.807, 2.05) is 50.4 Å². The van der Waals surface area contributed by atoms with Crippen LogP contribution < -0.4 is 5.32 Å². The van der Waals surface area contributed by atoms with Crippen LogP contribution in [0.3, 0.4) is 0 Å². The summed E-state index contributed by atoms with van der Waals surface area (Å²) in [6.07, 6.45) is 2.81. The molecule has 152 valence electrons. The van der Waals surface area contributed by atoms with Crippen LogP contribution in [-0.4, -0.2) is 40.3 Å². The number of esters is 1. The van der Waals surface area contributed by atoms with Gasteiger partial charge in [-0.2, -0.15) is 5.10 Å². The monoisotopic (exact) mass is 394 g/mol. The van der Waals surface area contributed by atoms with Gasteiger partial charge in [-0.3, -0.25) is 14.3 Å². The highest BCUT2D eigenvalue weighted by molar-refractivity contribution is 6.07. The normalized spacial score (nSPS) is 10.9. The van der Waals surface area contributed by atoms with Gasteiger partial charge in [0.25, 0.3) is 5.91 Å². The standard InChI is InChI=1S/C22H26N4O3/c1-15-20-17(22(28)23-13-9-5-8-12-19(27)29-3)14-18(16-10-6-4-7-11-16)24-21(20)26(2)25-15/h4,6-7,10-11,14H,5,8-9,12-13H2,1-3H3,(H,23,28). The van der Waals surface area contributed by atoms with Gasteiger partial charge in [-0.1, -0.05) is 36.8 Å². The van der Waals surface area contributed by atoms with Gasteiger partial charge in [0.15, 0.2) is 5.65 Å². The number of aromatic nitrogens is 3. The molecule has 0 radical (unpaired) electrons. The molecule has 29 heavy (non-hydrogen) atoms. The number of methoxy groups -OCH3 is 1. The van der Waals surface area contributed by atoms with E-state index in [0.29, 0.717) is 24.2 Å². The quantitative estimate of drug-likeness (QED) is 0.467. The average molecular weight is 394 g/mol. The summed E-state index contributed by atoms with van der Waals surface area (Å²) in [6, 6.07) is 11.6. The van der Waals surface area contributed by atoms with Crippen LogP contribution in [0.25, 0.3) is 22.3 Å². The Morgan fingerprint density at radius 1 is 1.14 bits per heavy atom. The Kier molecular flexibility index (Phi) is 6.59. The van der Waals surface area contributed by atoms with Crippen LogP contribution in [-0.2, 0) is 16.6 Å². The van der Waals surface area contributed by atoms with Crippen molar-refractivity contribution < 1.29 is 14.3 Å². The first-order valence-corrected chi connectivity index (χ1v) is 9.76. The predicted molar refractivity (Wildman–Crippen MR) is 111 cm³/mol. The zero-order valence-electron chi connectivity index (χ0n) is 17.1. The number of aryl methyl sites for hydroxylation is 2. The van der Waals surface area contributed by atoms with Gasteiger partial charge in [0.1, 0.15) is 0 Å². The third kappa shape index (κ3) is 4.80. The third-order valence-electron chi connectivity index (χ3n) is 4.85. The molecule has 7 nitrogen and oxygen atoms in total. The van der Waals surface area contributed by atoms with E-state index in [-0.39, 0.29) is 11.9 Å². The van der Waals surface area contributed by atoms with Crippen LogP contribution in [0.4, 0.5) is 0 Å². The minimum absolute atomic E-state index is 0.140. The average Bonchev–Trinajstić information content (AvgIpc) is 3.03. The molecule has 0 saturated heterocycles. The second-order valence-corrected chi connectivity index (χ2v) is 6.97. The van der Waals surface area contributed by atoms with E-state index >= 15 is 0 Å². The Morgan fingerprint density at radius 2 is 1.90 bits per heavy atom. The highest BCUT2D eigenvalue weighted by Crippen LogP contribution is 2.26. The second-order valence-electron chi connectivity index (χ2n) is 6.97. The highest BCUT2D eigenvalue weighted by Gasteiger charge is 2.19. The molecule has 0 aliphatic rings. The summed E-state index contributed by atoms with van der Waals surface area (Å²) in [5.41, 5.74) is 3.73. The van der Waals surface area contributed by atoms with Crippen LogP contribution >= 0.6 is 0 Å². The number of rotatable bonds is 8. The number of nitrogens with zero attached hydrogens (tertiary/aromatic N) is 3. The zero-order valence-corrected chi connectivity index (χ0v) is 17.1. The largest absolute Gasteiger partial charge is 0.469 e. The van der Waals surface area contributed by atoms with Crippen molar-refractivity contribution >= 4 is 22.9 Å². The number of ether oxygens (including phenoxy) is 1. The van der Waals surface area contributed by atoms with Gasteiger partial charge in [-0.25, -0.2) is 4.98 Å². The number of fused-ring (bicyclic) bond motifs is 1. The zero-order chi connectivity index (χ0) is 20.8. The minimum Gasteiger partial charge on any atom is -0.469 e. The van der Waals surface area contributed by atoms with Crippen molar-refractivity contribution in [2.75, 3.05) is 13.7 Å². The van der Waals surface area contributed by atoms with Crippen molar-refractivity contribution in [1.29, 1.82) is 0 Å². The van der Waals surface area contributed by atoms with Crippen molar-refractivity contribution in [2.24, 2.45) is 7.05 Å². The van der Waals surface area contributed by atoms with Gasteiger partial charge in [0.2, 0.25) is 0 Å². The number of carbonyl (C=O) groups is 2. The topological polar surface area (TPSA) is 86.1 Å². The van der Waals surface area contributed by atoms with Gasteiger partial charge < -0.3 is 10.1 Å². The van der Waals surface area contributed by atoms with Crippen molar-refractivity contribution in [2.45, 2.75) is 32.6 Å². The summed E-state index contributed by atoms with van der Waals surface area (Å²) in [5.74, 6) is -0.340. The smallest absolute Gasteiger partial charge is 0.305 e. The Balaban J connectivity index is 1.77. The number of hydrogen-bond acceptors (Lipinski definition) is 5. The molecular weight excluding hydrogens is 368 g/mol. The lowest BCUT2D eigenvalue weighted by Gasteiger charge is -2.09. The number of pyridine rings is 1. The van der Waals surface area contributed by atoms with E-state index in [4.69, 9.17) is 4.98 Å². The molecule has 0 spiro atoms. The second kappa shape index (κ2) is 9.32. The van der Waals surface area contributed by atoms with E-state index in [1.54, 1.807) is 4.68 Å². The lowest BCUT2D eigenvalue weighted by molar-refractivity contribution is -0.140. The molecule has 0 fully saturated rings. The molecule has 1 N–H and O–H groups in total. The summed E-state index contributed by atoms with van der Waals surface area (Å²) in [7, 11) is 3.22. The molecular formula is C22H26N4O3. The minimum atomic E-state index is -0.200. The van der Waals surface area contributed by atoms with Crippen LogP contribution in [0, 0.1) is 6.92 Å². The lowest BCUT2D eigenvalue weighted by atomic mass is 10.0. The van der Waals surface area contributed by atoms with E-state index < -0.39 is 0 Å². The van der Waals surface area contributed by atoms with Gasteiger partial charge >= 0.3 is 5.97 Å². The van der Waals surface area contributed by atoms with E-state index in [0.717, 1.165) is 41.6 Å². The molecule has 0 unspecified atom stereocenters. The molecule has 3 aromatic rings. The molecule has 1 amide bonds. The highest BCUT2D eigenvalue weighted by atomic mass is 16.5. The molecule has 0 bridgehead atoms. The van der Waals surface area contributed by atoms with Crippen LogP contribution in [0.2, 0.25) is 0 Å². The molecule has 0 aliphatic carbocycles. The predicted octanol–water partition coefficient (Wildman–Crippen LogP) is 3.41. The van der Waals surface area contributed by atoms with Gasteiger partial charge in [0, 0.05) is 25.6 Å². The van der Waals surface area contributed by atoms with Gasteiger partial charge in [-0.05, 0) is 25.8 Å². The van der Waals surface area contributed by atoms with Crippen molar-refractivity contribution in [3.05, 3.63) is 47.7 Å². The molecule has 3 rings (SSSR count). The summed E-state index contributed by atoms with van der Waals surface area (Å²) in [5, 5.41) is 8.21. The molecule has 0 saturated carbocycles. The van der Waals surface area contributed by atoms with Crippen LogP contribution in [0.1, 0.15) is 41.7 Å². The first-order chi connectivity index (χ1) is 14.0. The Labute approximate surface area is 170 Å². The number of unbranched alkanes of at least 4 members (excludes halogenated alkanes) is 2. The Hall–Kier alpha value is -3.22. The van der Waals surface area contributed by atoms with Crippen molar-refractivity contribution in [1.82, 2.24) is 20.1 Å². The summed E-state index contributed by atoms with van der Waals surface area (Å²) in [4.78, 5) is 28.8. The van der Waals surface area contributed by atoms with E-state index in [1.165, 1.54) is 7.11 Å². The molecule has 2 aromatic heterocycles. The maximum absolute atomic E-state index is 12.9. The van der Waals surface area contributed by atoms with E-state index in [2.05, 4.69) is 15.2 Å². The molecule has 1 aromatic carbocycles. The first-order valence-electron chi connectivity index (χ1n) is 9.76. The number of benzene rings is 1. The summed E-state index contributed by atoms with van der Waals surface area (Å²) < 4.78 is 6.34. The number of carbonyl (C=O) groups excluding carboxylic acids is 2. The fourth-order valence-electron chi connectivity index (χ4n) is 3.35. The molecule has 0 atom stereocenters. The Bertz CT molecular complexity index is 1010. The van der Waals surface area contributed by atoms with Gasteiger partial charge in [0.05, 0.1) is 29.4 Å². The number of amides is 1. The SMILES string of the molecule is COC(=O)CCCCCNC(=O)c1cc(-c2ccccc2)nc2c1c(C)nn2C. The van der Waals surface area contributed by atoms with Crippen molar-refractivity contribution in [3.63, 3.8) is 0 Å². The first kappa shape index (κ1) is 20.5. The summed E-state index contributed by atoms with van der Waals surface area (Å²) in [6.45, 7) is 2.43. The maximum Gasteiger partial charge on any atom is 0.305 e. The molecule has 0 aliphatic heterocycles. The molecule has 2 heterocycles. The van der Waals surface area contributed by atoms with E-state index in [9.17, 15) is 9.59 Å². The van der Waals surface area contributed by atoms with Crippen LogP contribution in [0.5, 0.6) is 0 Å². The number of hydrogen-bond donors (Lipinski definition) is 1. The summed E-state index contributed by atoms with van der Waals surface area (Å²) >= 11 is 0. The van der Waals surface area contributed by atoms with Crippen molar-refractivity contribution in [3.8, 4) is 11.3 Å².